The average Bonchev–Trinajstić information content (AvgIpc) is 2.81. The van der Waals surface area contributed by atoms with Crippen molar-refractivity contribution in [1.29, 1.82) is 5.41 Å². The summed E-state index contributed by atoms with van der Waals surface area (Å²) in [6.07, 6.45) is 4.38. The van der Waals surface area contributed by atoms with Gasteiger partial charge in [-0.3, -0.25) is 10.2 Å². The first-order valence-electron chi connectivity index (χ1n) is 11.0. The lowest BCUT2D eigenvalue weighted by atomic mass is 10.0. The SMILES string of the molecule is CN(C)CCON=C1CCN(c2ncc(-c3cccc(COC(=O)CC(=N)N)c3F)cn2)CC1. The fourth-order valence-corrected chi connectivity index (χ4v) is 3.32. The van der Waals surface area contributed by atoms with Crippen LogP contribution < -0.4 is 10.6 Å². The van der Waals surface area contributed by atoms with Crippen LogP contribution in [0.1, 0.15) is 24.8 Å². The molecule has 1 aliphatic heterocycles. The highest BCUT2D eigenvalue weighted by Gasteiger charge is 2.19. The zero-order valence-electron chi connectivity index (χ0n) is 19.5. The van der Waals surface area contributed by atoms with Crippen molar-refractivity contribution < 1.29 is 18.8 Å². The molecular formula is C23H30FN7O3. The van der Waals surface area contributed by atoms with Crippen LogP contribution in [0.3, 0.4) is 0 Å². The summed E-state index contributed by atoms with van der Waals surface area (Å²) in [6, 6.07) is 4.83. The van der Waals surface area contributed by atoms with Gasteiger partial charge in [0, 0.05) is 61.6 Å². The predicted octanol–water partition coefficient (Wildman–Crippen LogP) is 2.19. The monoisotopic (exact) mass is 471 g/mol. The highest BCUT2D eigenvalue weighted by atomic mass is 19.1. The van der Waals surface area contributed by atoms with Crippen molar-refractivity contribution in [3.63, 3.8) is 0 Å². The first-order valence-corrected chi connectivity index (χ1v) is 11.0. The number of amidine groups is 1. The Hall–Kier alpha value is -3.60. The van der Waals surface area contributed by atoms with Crippen LogP contribution in [-0.4, -0.2) is 72.7 Å². The van der Waals surface area contributed by atoms with Gasteiger partial charge in [-0.05, 0) is 14.1 Å². The molecule has 2 heterocycles. The van der Waals surface area contributed by atoms with Crippen molar-refractivity contribution in [3.8, 4) is 11.1 Å². The van der Waals surface area contributed by atoms with Gasteiger partial charge < -0.3 is 25.1 Å². The topological polar surface area (TPSA) is 130 Å². The first-order chi connectivity index (χ1) is 16.3. The van der Waals surface area contributed by atoms with Crippen LogP contribution in [0.4, 0.5) is 10.3 Å². The van der Waals surface area contributed by atoms with Gasteiger partial charge in [0.05, 0.1) is 5.71 Å². The Labute approximate surface area is 198 Å². The molecule has 1 aromatic carbocycles. The Bertz CT molecular complexity index is 1020. The van der Waals surface area contributed by atoms with Crippen LogP contribution in [-0.2, 0) is 21.0 Å². The van der Waals surface area contributed by atoms with Crippen molar-refractivity contribution in [2.75, 3.05) is 45.2 Å². The van der Waals surface area contributed by atoms with Gasteiger partial charge in [-0.1, -0.05) is 23.4 Å². The number of halogens is 1. The van der Waals surface area contributed by atoms with Crippen LogP contribution in [0, 0.1) is 11.2 Å². The molecule has 34 heavy (non-hydrogen) atoms. The largest absolute Gasteiger partial charge is 0.460 e. The summed E-state index contributed by atoms with van der Waals surface area (Å²) < 4.78 is 20.0. The molecule has 3 N–H and O–H groups in total. The maximum Gasteiger partial charge on any atom is 0.313 e. The second kappa shape index (κ2) is 12.0. The Kier molecular flexibility index (Phi) is 8.86. The summed E-state index contributed by atoms with van der Waals surface area (Å²) in [4.78, 5) is 29.9. The molecule has 0 bridgehead atoms. The third kappa shape index (κ3) is 7.20. The summed E-state index contributed by atoms with van der Waals surface area (Å²) >= 11 is 0. The Morgan fingerprint density at radius 3 is 2.62 bits per heavy atom. The van der Waals surface area contributed by atoms with Crippen molar-refractivity contribution in [3.05, 3.63) is 42.0 Å². The van der Waals surface area contributed by atoms with Gasteiger partial charge in [0.2, 0.25) is 5.95 Å². The van der Waals surface area contributed by atoms with Crippen LogP contribution in [0.5, 0.6) is 0 Å². The minimum absolute atomic E-state index is 0.217. The van der Waals surface area contributed by atoms with E-state index in [9.17, 15) is 9.18 Å². The molecule has 0 saturated carbocycles. The summed E-state index contributed by atoms with van der Waals surface area (Å²) in [5.41, 5.74) is 7.25. The molecule has 1 fully saturated rings. The second-order valence-electron chi connectivity index (χ2n) is 8.19. The molecule has 0 spiro atoms. The van der Waals surface area contributed by atoms with E-state index in [2.05, 4.69) is 20.0 Å². The van der Waals surface area contributed by atoms with Gasteiger partial charge in [-0.2, -0.15) is 0 Å². The molecule has 0 unspecified atom stereocenters. The number of ether oxygens (including phenoxy) is 1. The quantitative estimate of drug-likeness (QED) is 0.177. The van der Waals surface area contributed by atoms with Gasteiger partial charge in [0.1, 0.15) is 31.3 Å². The van der Waals surface area contributed by atoms with Crippen molar-refractivity contribution >= 4 is 23.5 Å². The molecule has 2 aromatic rings. The number of likely N-dealkylation sites (N-methyl/N-ethyl adjacent to an activating group) is 1. The molecule has 0 amide bonds. The molecule has 1 aromatic heterocycles. The average molecular weight is 472 g/mol. The van der Waals surface area contributed by atoms with Crippen LogP contribution in [0.25, 0.3) is 11.1 Å². The van der Waals surface area contributed by atoms with E-state index in [1.54, 1.807) is 24.5 Å². The summed E-state index contributed by atoms with van der Waals surface area (Å²) in [5, 5.41) is 11.3. The molecular weight excluding hydrogens is 441 g/mol. The maximum absolute atomic E-state index is 15.0. The zero-order valence-corrected chi connectivity index (χ0v) is 19.5. The minimum atomic E-state index is -0.681. The Balaban J connectivity index is 1.58. The van der Waals surface area contributed by atoms with Crippen molar-refractivity contribution in [2.45, 2.75) is 25.9 Å². The Morgan fingerprint density at radius 2 is 1.97 bits per heavy atom. The molecule has 1 saturated heterocycles. The van der Waals surface area contributed by atoms with Gasteiger partial charge in [-0.15, -0.1) is 0 Å². The van der Waals surface area contributed by atoms with E-state index in [0.29, 0.717) is 23.7 Å². The number of hydrogen-bond acceptors (Lipinski definition) is 9. The summed E-state index contributed by atoms with van der Waals surface area (Å²) in [5.74, 6) is -0.921. The lowest BCUT2D eigenvalue weighted by Crippen LogP contribution is -2.35. The number of esters is 1. The molecule has 182 valence electrons. The lowest BCUT2D eigenvalue weighted by molar-refractivity contribution is -0.143. The maximum atomic E-state index is 15.0. The normalized spacial score (nSPS) is 13.6. The van der Waals surface area contributed by atoms with Crippen LogP contribution in [0.2, 0.25) is 0 Å². The summed E-state index contributed by atoms with van der Waals surface area (Å²) in [7, 11) is 3.97. The first kappa shape index (κ1) is 25.0. The van der Waals surface area contributed by atoms with Gasteiger partial charge >= 0.3 is 5.97 Å². The van der Waals surface area contributed by atoms with E-state index in [1.807, 2.05) is 19.0 Å². The molecule has 10 nitrogen and oxygen atoms in total. The molecule has 0 radical (unpaired) electrons. The third-order valence-corrected chi connectivity index (χ3v) is 5.20. The molecule has 1 aliphatic rings. The minimum Gasteiger partial charge on any atom is -0.460 e. The molecule has 3 rings (SSSR count). The number of oxime groups is 1. The van der Waals surface area contributed by atoms with Gasteiger partial charge in [0.15, 0.2) is 0 Å². The third-order valence-electron chi connectivity index (χ3n) is 5.20. The van der Waals surface area contributed by atoms with Gasteiger partial charge in [0.25, 0.3) is 0 Å². The smallest absolute Gasteiger partial charge is 0.313 e. The lowest BCUT2D eigenvalue weighted by Gasteiger charge is -2.27. The summed E-state index contributed by atoms with van der Waals surface area (Å²) in [6.45, 7) is 2.58. The second-order valence-corrected chi connectivity index (χ2v) is 8.19. The van der Waals surface area contributed by atoms with E-state index in [4.69, 9.17) is 20.7 Å². The van der Waals surface area contributed by atoms with E-state index >= 15 is 0 Å². The molecule has 0 aliphatic carbocycles. The number of nitrogens with two attached hydrogens (primary N) is 1. The number of aromatic nitrogens is 2. The number of nitrogens with one attached hydrogen (secondary N) is 1. The molecule has 0 atom stereocenters. The fourth-order valence-electron chi connectivity index (χ4n) is 3.32. The number of carbonyl (C=O) groups excluding carboxylic acids is 1. The zero-order chi connectivity index (χ0) is 24.5. The van der Waals surface area contributed by atoms with E-state index in [1.165, 1.54) is 6.07 Å². The number of carbonyl (C=O) groups is 1. The van der Waals surface area contributed by atoms with E-state index in [-0.39, 0.29) is 24.4 Å². The van der Waals surface area contributed by atoms with Crippen molar-refractivity contribution in [2.24, 2.45) is 10.9 Å². The number of nitrogens with zero attached hydrogens (tertiary/aromatic N) is 5. The van der Waals surface area contributed by atoms with Crippen LogP contribution in [0.15, 0.2) is 35.7 Å². The Morgan fingerprint density at radius 1 is 1.26 bits per heavy atom. The van der Waals surface area contributed by atoms with E-state index < -0.39 is 11.8 Å². The molecule has 11 heteroatoms. The van der Waals surface area contributed by atoms with Gasteiger partial charge in [-0.25, -0.2) is 14.4 Å². The van der Waals surface area contributed by atoms with Crippen molar-refractivity contribution in [1.82, 2.24) is 14.9 Å². The van der Waals surface area contributed by atoms with Crippen LogP contribution >= 0.6 is 0 Å². The highest BCUT2D eigenvalue weighted by molar-refractivity contribution is 5.94. The predicted molar refractivity (Wildman–Crippen MR) is 127 cm³/mol. The number of benzene rings is 1. The fraction of sp³-hybridized carbons (Fsp3) is 0.435. The number of rotatable bonds is 10. The number of hydrogen-bond donors (Lipinski definition) is 2. The van der Waals surface area contributed by atoms with E-state index in [0.717, 1.165) is 38.2 Å². The standard InChI is InChI=1S/C23H30FN7O3/c1-30(2)10-11-34-29-18-6-8-31(9-7-18)23-27-13-17(14-28-23)19-5-3-4-16(22(19)24)15-33-21(32)12-20(25)26/h3-5,13-14H,6-12,15H2,1-2H3,(H3,25,26). The number of anilines is 1. The number of piperidine rings is 1. The highest BCUT2D eigenvalue weighted by Crippen LogP contribution is 2.26.